The van der Waals surface area contributed by atoms with Gasteiger partial charge in [0, 0.05) is 25.2 Å². The number of rotatable bonds is 10. The van der Waals surface area contributed by atoms with Crippen molar-refractivity contribution in [2.75, 3.05) is 26.2 Å². The SMILES string of the molecule is CCN(CC)CCCC(C)NC(=O)c1cc2n(n1)CCN(Cc1ccc(F)cc1)C2=O. The van der Waals surface area contributed by atoms with Crippen LogP contribution >= 0.6 is 0 Å². The fourth-order valence-electron chi connectivity index (χ4n) is 3.84. The quantitative estimate of drug-likeness (QED) is 0.631. The lowest BCUT2D eigenvalue weighted by molar-refractivity contribution is 0.0683. The Hall–Kier alpha value is -2.74. The molecule has 2 heterocycles. The number of hydrogen-bond donors (Lipinski definition) is 1. The molecule has 1 N–H and O–H groups in total. The van der Waals surface area contributed by atoms with Gasteiger partial charge in [0.2, 0.25) is 0 Å². The van der Waals surface area contributed by atoms with Crippen molar-refractivity contribution in [3.05, 3.63) is 53.1 Å². The van der Waals surface area contributed by atoms with Crippen LogP contribution in [0.2, 0.25) is 0 Å². The number of benzene rings is 1. The number of amides is 2. The lowest BCUT2D eigenvalue weighted by Crippen LogP contribution is -2.39. The molecule has 8 heteroatoms. The van der Waals surface area contributed by atoms with Crippen molar-refractivity contribution in [2.45, 2.75) is 52.7 Å². The number of aromatic nitrogens is 2. The molecule has 31 heavy (non-hydrogen) atoms. The van der Waals surface area contributed by atoms with Crippen molar-refractivity contribution in [3.8, 4) is 0 Å². The van der Waals surface area contributed by atoms with Crippen molar-refractivity contribution in [1.29, 1.82) is 0 Å². The molecule has 2 amide bonds. The van der Waals surface area contributed by atoms with E-state index < -0.39 is 0 Å². The van der Waals surface area contributed by atoms with Crippen molar-refractivity contribution in [3.63, 3.8) is 0 Å². The highest BCUT2D eigenvalue weighted by molar-refractivity contribution is 5.98. The predicted octanol–water partition coefficient (Wildman–Crippen LogP) is 2.92. The minimum absolute atomic E-state index is 0.0347. The van der Waals surface area contributed by atoms with Crippen LogP contribution < -0.4 is 5.32 Å². The Morgan fingerprint density at radius 1 is 1.23 bits per heavy atom. The fourth-order valence-corrected chi connectivity index (χ4v) is 3.84. The van der Waals surface area contributed by atoms with Crippen molar-refractivity contribution in [2.24, 2.45) is 0 Å². The predicted molar refractivity (Wildman–Crippen MR) is 117 cm³/mol. The average molecular weight is 430 g/mol. The number of fused-ring (bicyclic) bond motifs is 1. The van der Waals surface area contributed by atoms with Crippen LogP contribution in [-0.4, -0.2) is 63.6 Å². The molecule has 1 aliphatic heterocycles. The summed E-state index contributed by atoms with van der Waals surface area (Å²) in [6.07, 6.45) is 1.90. The van der Waals surface area contributed by atoms with Crippen LogP contribution in [0.1, 0.15) is 60.2 Å². The second kappa shape index (κ2) is 10.5. The molecule has 2 aromatic rings. The zero-order chi connectivity index (χ0) is 22.4. The maximum Gasteiger partial charge on any atom is 0.272 e. The van der Waals surface area contributed by atoms with Gasteiger partial charge >= 0.3 is 0 Å². The van der Waals surface area contributed by atoms with Crippen molar-refractivity contribution in [1.82, 2.24) is 24.9 Å². The first kappa shape index (κ1) is 22.9. The normalized spacial score (nSPS) is 14.6. The second-order valence-corrected chi connectivity index (χ2v) is 8.03. The van der Waals surface area contributed by atoms with E-state index in [9.17, 15) is 14.0 Å². The van der Waals surface area contributed by atoms with E-state index in [0.717, 1.165) is 38.0 Å². The van der Waals surface area contributed by atoms with Gasteiger partial charge in [-0.1, -0.05) is 26.0 Å². The molecule has 0 radical (unpaired) electrons. The van der Waals surface area contributed by atoms with Crippen LogP contribution in [0.25, 0.3) is 0 Å². The average Bonchev–Trinajstić information content (AvgIpc) is 3.20. The standard InChI is InChI=1S/C23H32FN5O2/c1-4-27(5-2)12-6-7-17(3)25-22(30)20-15-21-23(31)28(13-14-29(21)26-20)16-18-8-10-19(24)11-9-18/h8-11,15,17H,4-7,12-14,16H2,1-3H3,(H,25,30). The molecule has 1 aliphatic rings. The zero-order valence-electron chi connectivity index (χ0n) is 18.6. The maximum absolute atomic E-state index is 13.1. The first-order chi connectivity index (χ1) is 14.9. The molecular weight excluding hydrogens is 397 g/mol. The minimum atomic E-state index is -0.301. The highest BCUT2D eigenvalue weighted by Crippen LogP contribution is 2.17. The molecule has 0 fully saturated rings. The minimum Gasteiger partial charge on any atom is -0.348 e. The number of carbonyl (C=O) groups excluding carboxylic acids is 2. The molecule has 0 bridgehead atoms. The number of carbonyl (C=O) groups is 2. The summed E-state index contributed by atoms with van der Waals surface area (Å²) in [5, 5.41) is 7.33. The summed E-state index contributed by atoms with van der Waals surface area (Å²) in [4.78, 5) is 29.6. The zero-order valence-corrected chi connectivity index (χ0v) is 18.6. The van der Waals surface area contributed by atoms with E-state index in [2.05, 4.69) is 29.2 Å². The molecule has 0 saturated carbocycles. The summed E-state index contributed by atoms with van der Waals surface area (Å²) < 4.78 is 14.7. The van der Waals surface area contributed by atoms with Gasteiger partial charge in [0.15, 0.2) is 5.69 Å². The Morgan fingerprint density at radius 2 is 1.94 bits per heavy atom. The molecule has 7 nitrogen and oxygen atoms in total. The van der Waals surface area contributed by atoms with Crippen LogP contribution in [0.5, 0.6) is 0 Å². The first-order valence-electron chi connectivity index (χ1n) is 11.1. The van der Waals surface area contributed by atoms with Gasteiger partial charge < -0.3 is 15.1 Å². The van der Waals surface area contributed by atoms with Crippen molar-refractivity contribution < 1.29 is 14.0 Å². The van der Waals surface area contributed by atoms with Crippen LogP contribution in [0, 0.1) is 5.82 Å². The summed E-state index contributed by atoms with van der Waals surface area (Å²) in [6, 6.07) is 7.73. The number of hydrogen-bond acceptors (Lipinski definition) is 4. The molecule has 1 aromatic heterocycles. The van der Waals surface area contributed by atoms with Crippen molar-refractivity contribution >= 4 is 11.8 Å². The van der Waals surface area contributed by atoms with E-state index in [1.165, 1.54) is 12.1 Å². The highest BCUT2D eigenvalue weighted by Gasteiger charge is 2.28. The Kier molecular flexibility index (Phi) is 7.79. The van der Waals surface area contributed by atoms with Crippen LogP contribution in [0.4, 0.5) is 4.39 Å². The molecule has 0 aliphatic carbocycles. The van der Waals surface area contributed by atoms with Gasteiger partial charge in [0.25, 0.3) is 11.8 Å². The maximum atomic E-state index is 13.1. The number of halogens is 1. The monoisotopic (exact) mass is 429 g/mol. The smallest absolute Gasteiger partial charge is 0.272 e. The highest BCUT2D eigenvalue weighted by atomic mass is 19.1. The van der Waals surface area contributed by atoms with Gasteiger partial charge in [-0.3, -0.25) is 14.3 Å². The summed E-state index contributed by atoms with van der Waals surface area (Å²) in [7, 11) is 0. The van der Waals surface area contributed by atoms with Gasteiger partial charge in [-0.15, -0.1) is 0 Å². The molecule has 3 rings (SSSR count). The van der Waals surface area contributed by atoms with E-state index in [-0.39, 0.29) is 29.4 Å². The lowest BCUT2D eigenvalue weighted by atomic mass is 10.1. The van der Waals surface area contributed by atoms with Gasteiger partial charge in [-0.2, -0.15) is 5.10 Å². The molecule has 0 saturated heterocycles. The van der Waals surface area contributed by atoms with Gasteiger partial charge in [-0.25, -0.2) is 4.39 Å². The van der Waals surface area contributed by atoms with Crippen LogP contribution in [-0.2, 0) is 13.1 Å². The molecule has 1 aromatic carbocycles. The Morgan fingerprint density at radius 3 is 2.61 bits per heavy atom. The van der Waals surface area contributed by atoms with Gasteiger partial charge in [0.1, 0.15) is 11.5 Å². The van der Waals surface area contributed by atoms with Crippen LogP contribution in [0.3, 0.4) is 0 Å². The third kappa shape index (κ3) is 5.91. The van der Waals surface area contributed by atoms with E-state index >= 15 is 0 Å². The third-order valence-electron chi connectivity index (χ3n) is 5.77. The lowest BCUT2D eigenvalue weighted by Gasteiger charge is -2.27. The van der Waals surface area contributed by atoms with E-state index in [4.69, 9.17) is 0 Å². The summed E-state index contributed by atoms with van der Waals surface area (Å²) >= 11 is 0. The summed E-state index contributed by atoms with van der Waals surface area (Å²) in [5.74, 6) is -0.728. The Balaban J connectivity index is 1.56. The molecule has 0 spiro atoms. The molecule has 1 unspecified atom stereocenters. The topological polar surface area (TPSA) is 70.5 Å². The Labute approximate surface area is 183 Å². The molecule has 168 valence electrons. The number of nitrogens with one attached hydrogen (secondary N) is 1. The molecular formula is C23H32FN5O2. The van der Waals surface area contributed by atoms with E-state index in [1.54, 1.807) is 27.8 Å². The second-order valence-electron chi connectivity index (χ2n) is 8.03. The van der Waals surface area contributed by atoms with E-state index in [1.807, 2.05) is 6.92 Å². The summed E-state index contributed by atoms with van der Waals surface area (Å²) in [5.41, 5.74) is 1.54. The largest absolute Gasteiger partial charge is 0.348 e. The van der Waals surface area contributed by atoms with Gasteiger partial charge in [-0.05, 0) is 57.1 Å². The molecule has 1 atom stereocenters. The van der Waals surface area contributed by atoms with E-state index in [0.29, 0.717) is 25.3 Å². The Bertz CT molecular complexity index is 892. The summed E-state index contributed by atoms with van der Waals surface area (Å²) in [6.45, 7) is 10.8. The number of nitrogens with zero attached hydrogens (tertiary/aromatic N) is 4. The fraction of sp³-hybridized carbons (Fsp3) is 0.522. The van der Waals surface area contributed by atoms with Crippen LogP contribution in [0.15, 0.2) is 30.3 Å². The first-order valence-corrected chi connectivity index (χ1v) is 11.1. The van der Waals surface area contributed by atoms with Gasteiger partial charge in [0.05, 0.1) is 6.54 Å². The third-order valence-corrected chi connectivity index (χ3v) is 5.77.